The van der Waals surface area contributed by atoms with Gasteiger partial charge >= 0.3 is 11.9 Å². The Kier molecular flexibility index (Phi) is 9.96. The lowest BCUT2D eigenvalue weighted by Gasteiger charge is -2.34. The van der Waals surface area contributed by atoms with Crippen molar-refractivity contribution in [3.63, 3.8) is 0 Å². The number of esters is 2. The van der Waals surface area contributed by atoms with Crippen molar-refractivity contribution in [3.05, 3.63) is 18.0 Å². The molecule has 2 rings (SSSR count). The maximum absolute atomic E-state index is 12.8. The number of hydrogen-bond donors (Lipinski definition) is 1. The van der Waals surface area contributed by atoms with E-state index in [4.69, 9.17) is 18.9 Å². The molecule has 0 unspecified atom stereocenters. The fraction of sp³-hybridized carbons (Fsp3) is 0.714. The van der Waals surface area contributed by atoms with Crippen molar-refractivity contribution in [1.82, 2.24) is 9.97 Å². The van der Waals surface area contributed by atoms with Crippen LogP contribution in [-0.4, -0.2) is 55.4 Å². The van der Waals surface area contributed by atoms with Gasteiger partial charge in [-0.05, 0) is 38.7 Å². The Hall–Kier alpha value is -2.26. The lowest BCUT2D eigenvalue weighted by molar-refractivity contribution is -0.163. The molecule has 0 bridgehead atoms. The molecule has 9 nitrogen and oxygen atoms in total. The van der Waals surface area contributed by atoms with Gasteiger partial charge in [0.25, 0.3) is 0 Å². The summed E-state index contributed by atoms with van der Waals surface area (Å²) >= 11 is 0. The molecule has 1 aliphatic rings. The molecule has 1 aliphatic carbocycles. The van der Waals surface area contributed by atoms with Crippen molar-refractivity contribution in [2.45, 2.75) is 58.3 Å². The van der Waals surface area contributed by atoms with E-state index in [1.165, 1.54) is 14.2 Å². The summed E-state index contributed by atoms with van der Waals surface area (Å²) < 4.78 is 21.0. The summed E-state index contributed by atoms with van der Waals surface area (Å²) in [6.07, 6.45) is 5.94. The van der Waals surface area contributed by atoms with Crippen LogP contribution in [0.1, 0.15) is 57.9 Å². The predicted octanol–water partition coefficient (Wildman–Crippen LogP) is 2.87. The second-order valence-electron chi connectivity index (χ2n) is 7.16. The molecule has 1 fully saturated rings. The molecule has 0 saturated heterocycles. The van der Waals surface area contributed by atoms with Gasteiger partial charge in [-0.2, -0.15) is 0 Å². The number of nitrogens with zero attached hydrogens (tertiary/aromatic N) is 2. The van der Waals surface area contributed by atoms with E-state index < -0.39 is 30.2 Å². The SMILES string of the molecule is CCOC(=O)C(C(=O)OCC)[C@H](Nc1nccc(C(OC)OC)n1)C1CCCCC1. The molecule has 168 valence electrons. The molecule has 1 heterocycles. The highest BCUT2D eigenvalue weighted by molar-refractivity contribution is 5.96. The van der Waals surface area contributed by atoms with Gasteiger partial charge in [0.05, 0.1) is 19.3 Å². The predicted molar refractivity (Wildman–Crippen MR) is 110 cm³/mol. The maximum atomic E-state index is 12.8. The lowest BCUT2D eigenvalue weighted by atomic mass is 9.78. The highest BCUT2D eigenvalue weighted by Gasteiger charge is 2.42. The number of aromatic nitrogens is 2. The fourth-order valence-electron chi connectivity index (χ4n) is 3.88. The van der Waals surface area contributed by atoms with Gasteiger partial charge in [-0.3, -0.25) is 9.59 Å². The quantitative estimate of drug-likeness (QED) is 0.326. The Balaban J connectivity index is 2.37. The van der Waals surface area contributed by atoms with E-state index in [1.807, 2.05) is 0 Å². The minimum Gasteiger partial charge on any atom is -0.465 e. The largest absolute Gasteiger partial charge is 0.465 e. The van der Waals surface area contributed by atoms with Crippen LogP contribution in [0.5, 0.6) is 0 Å². The fourth-order valence-corrected chi connectivity index (χ4v) is 3.88. The first-order valence-corrected chi connectivity index (χ1v) is 10.5. The van der Waals surface area contributed by atoms with Crippen LogP contribution in [0.15, 0.2) is 12.3 Å². The third-order valence-corrected chi connectivity index (χ3v) is 5.24. The molecule has 1 N–H and O–H groups in total. The summed E-state index contributed by atoms with van der Waals surface area (Å²) in [7, 11) is 3.04. The molecule has 1 aromatic rings. The van der Waals surface area contributed by atoms with E-state index in [-0.39, 0.29) is 19.1 Å². The van der Waals surface area contributed by atoms with Crippen LogP contribution in [-0.2, 0) is 28.5 Å². The van der Waals surface area contributed by atoms with E-state index in [0.717, 1.165) is 32.1 Å². The van der Waals surface area contributed by atoms with Gasteiger partial charge in [0.1, 0.15) is 5.69 Å². The number of carbonyl (C=O) groups is 2. The first-order valence-electron chi connectivity index (χ1n) is 10.5. The molecular weight excluding hydrogens is 390 g/mol. The van der Waals surface area contributed by atoms with Gasteiger partial charge in [-0.25, -0.2) is 9.97 Å². The Morgan fingerprint density at radius 3 is 2.20 bits per heavy atom. The summed E-state index contributed by atoms with van der Waals surface area (Å²) in [6.45, 7) is 3.79. The average Bonchev–Trinajstić information content (AvgIpc) is 2.75. The molecule has 1 saturated carbocycles. The van der Waals surface area contributed by atoms with Crippen LogP contribution in [0.3, 0.4) is 0 Å². The highest BCUT2D eigenvalue weighted by Crippen LogP contribution is 2.32. The molecule has 30 heavy (non-hydrogen) atoms. The lowest BCUT2D eigenvalue weighted by Crippen LogP contribution is -2.47. The molecule has 9 heteroatoms. The van der Waals surface area contributed by atoms with Crippen molar-refractivity contribution in [1.29, 1.82) is 0 Å². The van der Waals surface area contributed by atoms with Crippen LogP contribution in [0.2, 0.25) is 0 Å². The number of rotatable bonds is 11. The molecular formula is C21H33N3O6. The Morgan fingerprint density at radius 1 is 1.07 bits per heavy atom. The van der Waals surface area contributed by atoms with E-state index in [9.17, 15) is 9.59 Å². The maximum Gasteiger partial charge on any atom is 0.322 e. The van der Waals surface area contributed by atoms with Crippen LogP contribution >= 0.6 is 0 Å². The van der Waals surface area contributed by atoms with Crippen LogP contribution < -0.4 is 5.32 Å². The number of methoxy groups -OCH3 is 2. The average molecular weight is 424 g/mol. The molecule has 1 aromatic heterocycles. The second kappa shape index (κ2) is 12.4. The number of carbonyl (C=O) groups excluding carboxylic acids is 2. The van der Waals surface area contributed by atoms with Crippen molar-refractivity contribution < 1.29 is 28.5 Å². The molecule has 0 spiro atoms. The van der Waals surface area contributed by atoms with Crippen molar-refractivity contribution in [2.24, 2.45) is 11.8 Å². The van der Waals surface area contributed by atoms with Gasteiger partial charge in [-0.1, -0.05) is 19.3 Å². The van der Waals surface area contributed by atoms with Crippen molar-refractivity contribution in [3.8, 4) is 0 Å². The van der Waals surface area contributed by atoms with E-state index in [0.29, 0.717) is 11.6 Å². The summed E-state index contributed by atoms with van der Waals surface area (Å²) in [4.78, 5) is 34.3. The monoisotopic (exact) mass is 423 g/mol. The first kappa shape index (κ1) is 24.0. The Morgan fingerprint density at radius 2 is 1.67 bits per heavy atom. The van der Waals surface area contributed by atoms with Gasteiger partial charge in [0.2, 0.25) is 12.2 Å². The summed E-state index contributed by atoms with van der Waals surface area (Å²) in [5, 5.41) is 3.24. The molecule has 1 atom stereocenters. The van der Waals surface area contributed by atoms with Crippen LogP contribution in [0.4, 0.5) is 5.95 Å². The molecule has 0 amide bonds. The number of hydrogen-bond acceptors (Lipinski definition) is 9. The number of anilines is 1. The summed E-state index contributed by atoms with van der Waals surface area (Å²) in [6, 6.07) is 1.15. The third kappa shape index (κ3) is 6.37. The van der Waals surface area contributed by atoms with Crippen molar-refractivity contribution >= 4 is 17.9 Å². The van der Waals surface area contributed by atoms with Gasteiger partial charge in [-0.15, -0.1) is 0 Å². The minimum absolute atomic E-state index is 0.0884. The zero-order valence-electron chi connectivity index (χ0n) is 18.3. The topological polar surface area (TPSA) is 109 Å². The van der Waals surface area contributed by atoms with E-state index in [2.05, 4.69) is 15.3 Å². The van der Waals surface area contributed by atoms with Gasteiger partial charge in [0.15, 0.2) is 5.92 Å². The standard InChI is InChI=1S/C21H33N3O6/c1-5-29-18(25)16(19(26)30-6-2)17(14-10-8-7-9-11-14)24-21-22-13-12-15(23-21)20(27-3)28-4/h12-14,16-17,20H,5-11H2,1-4H3,(H,22,23,24)/t17-/m1/s1. The third-order valence-electron chi connectivity index (χ3n) is 5.24. The van der Waals surface area contributed by atoms with E-state index in [1.54, 1.807) is 26.1 Å². The van der Waals surface area contributed by atoms with E-state index >= 15 is 0 Å². The summed E-state index contributed by atoms with van der Waals surface area (Å²) in [5.41, 5.74) is 0.531. The molecule has 0 radical (unpaired) electrons. The summed E-state index contributed by atoms with van der Waals surface area (Å²) in [5.74, 6) is -1.91. The van der Waals surface area contributed by atoms with Gasteiger partial charge < -0.3 is 24.3 Å². The number of nitrogens with one attached hydrogen (secondary N) is 1. The second-order valence-corrected chi connectivity index (χ2v) is 7.16. The number of ether oxygens (including phenoxy) is 4. The first-order chi connectivity index (χ1) is 14.5. The highest BCUT2D eigenvalue weighted by atomic mass is 16.7. The smallest absolute Gasteiger partial charge is 0.322 e. The molecule has 0 aromatic carbocycles. The minimum atomic E-state index is -1.10. The zero-order valence-corrected chi connectivity index (χ0v) is 18.3. The Bertz CT molecular complexity index is 658. The van der Waals surface area contributed by atoms with Crippen molar-refractivity contribution in [2.75, 3.05) is 32.8 Å². The Labute approximate surface area is 177 Å². The van der Waals surface area contributed by atoms with Crippen LogP contribution in [0, 0.1) is 11.8 Å². The van der Waals surface area contributed by atoms with Gasteiger partial charge in [0, 0.05) is 20.4 Å². The van der Waals surface area contributed by atoms with Crippen LogP contribution in [0.25, 0.3) is 0 Å². The zero-order chi connectivity index (χ0) is 21.9. The normalized spacial score (nSPS) is 15.8. The molecule has 0 aliphatic heterocycles.